The fourth-order valence-electron chi connectivity index (χ4n) is 1.48. The van der Waals surface area contributed by atoms with E-state index in [0.29, 0.717) is 16.3 Å². The summed E-state index contributed by atoms with van der Waals surface area (Å²) in [5.74, 6) is 0.126. The van der Waals surface area contributed by atoms with Crippen LogP contribution >= 0.6 is 54.8 Å². The minimum atomic E-state index is -0.178. The van der Waals surface area contributed by atoms with Gasteiger partial charge in [0.1, 0.15) is 17.4 Å². The first-order chi connectivity index (χ1) is 9.52. The summed E-state index contributed by atoms with van der Waals surface area (Å²) >= 11 is 13.9. The molecule has 0 radical (unpaired) electrons. The largest absolute Gasteiger partial charge is 0.484 e. The number of nitrogens with zero attached hydrogens (tertiary/aromatic N) is 1. The molecule has 0 saturated heterocycles. The van der Waals surface area contributed by atoms with Gasteiger partial charge in [0.25, 0.3) is 0 Å². The third-order valence-electron chi connectivity index (χ3n) is 2.40. The molecule has 102 valence electrons. The third kappa shape index (κ3) is 3.41. The van der Waals surface area contributed by atoms with E-state index in [1.165, 1.54) is 11.3 Å². The third-order valence-corrected chi connectivity index (χ3v) is 5.06. The average Bonchev–Trinajstić information content (AvgIpc) is 2.75. The van der Waals surface area contributed by atoms with Crippen LogP contribution in [0.3, 0.4) is 0 Å². The summed E-state index contributed by atoms with van der Waals surface area (Å²) in [6.45, 7) is -0.156. The molecule has 7 heteroatoms. The Labute approximate surface area is 141 Å². The topological polar surface area (TPSA) is 50.1 Å². The van der Waals surface area contributed by atoms with Crippen LogP contribution < -0.4 is 4.74 Å². The summed E-state index contributed by atoms with van der Waals surface area (Å²) in [4.78, 5) is 12.1. The standard InChI is InChI=1S/C13H6Br2ClNO2S/c14-12-4-7(13(15)20-12)10(18)6-19-11-3-1-2-9(16)8(11)5-17/h1-4H,6H2. The van der Waals surface area contributed by atoms with Crippen molar-refractivity contribution in [1.29, 1.82) is 5.26 Å². The predicted molar refractivity (Wildman–Crippen MR) is 85.7 cm³/mol. The molecule has 0 aliphatic rings. The smallest absolute Gasteiger partial charge is 0.202 e. The number of nitriles is 1. The lowest BCUT2D eigenvalue weighted by Gasteiger charge is -2.07. The van der Waals surface area contributed by atoms with E-state index in [4.69, 9.17) is 21.6 Å². The summed E-state index contributed by atoms with van der Waals surface area (Å²) in [6.07, 6.45) is 0. The molecule has 0 saturated carbocycles. The molecule has 2 rings (SSSR count). The number of carbonyl (C=O) groups is 1. The van der Waals surface area contributed by atoms with Gasteiger partial charge in [0, 0.05) is 5.56 Å². The van der Waals surface area contributed by atoms with E-state index in [2.05, 4.69) is 31.9 Å². The number of hydrogen-bond acceptors (Lipinski definition) is 4. The quantitative estimate of drug-likeness (QED) is 0.631. The van der Waals surface area contributed by atoms with Crippen molar-refractivity contribution in [1.82, 2.24) is 0 Å². The van der Waals surface area contributed by atoms with E-state index < -0.39 is 0 Å². The Balaban J connectivity index is 2.14. The zero-order chi connectivity index (χ0) is 14.7. The monoisotopic (exact) mass is 433 g/mol. The maximum Gasteiger partial charge on any atom is 0.202 e. The minimum absolute atomic E-state index is 0.156. The molecule has 2 aromatic rings. The average molecular weight is 436 g/mol. The number of ether oxygens (including phenoxy) is 1. The molecule has 1 aromatic heterocycles. The van der Waals surface area contributed by atoms with E-state index in [1.807, 2.05) is 6.07 Å². The highest BCUT2D eigenvalue weighted by molar-refractivity contribution is 9.12. The second-order valence-electron chi connectivity index (χ2n) is 3.67. The Morgan fingerprint density at radius 3 is 2.80 bits per heavy atom. The van der Waals surface area contributed by atoms with Gasteiger partial charge in [0.2, 0.25) is 5.78 Å². The minimum Gasteiger partial charge on any atom is -0.484 e. The van der Waals surface area contributed by atoms with E-state index in [1.54, 1.807) is 24.3 Å². The van der Waals surface area contributed by atoms with Crippen molar-refractivity contribution in [3.05, 3.63) is 48.0 Å². The SMILES string of the molecule is N#Cc1c(Cl)cccc1OCC(=O)c1cc(Br)sc1Br. The first-order valence-corrected chi connectivity index (χ1v) is 8.10. The molecule has 0 N–H and O–H groups in total. The van der Waals surface area contributed by atoms with Gasteiger partial charge in [0.15, 0.2) is 6.61 Å². The molecule has 0 atom stereocenters. The molecular weight excluding hydrogens is 429 g/mol. The van der Waals surface area contributed by atoms with Crippen LogP contribution in [-0.2, 0) is 0 Å². The molecule has 0 fully saturated rings. The second kappa shape index (κ2) is 6.72. The summed E-state index contributed by atoms with van der Waals surface area (Å²) in [7, 11) is 0. The molecule has 0 unspecified atom stereocenters. The van der Waals surface area contributed by atoms with Crippen molar-refractivity contribution < 1.29 is 9.53 Å². The fourth-order valence-corrected chi connectivity index (χ4v) is 4.55. The Hall–Kier alpha value is -0.870. The van der Waals surface area contributed by atoms with E-state index in [9.17, 15) is 4.79 Å². The molecule has 1 heterocycles. The summed E-state index contributed by atoms with van der Waals surface area (Å²) in [5.41, 5.74) is 0.773. The van der Waals surface area contributed by atoms with Gasteiger partial charge in [0.05, 0.1) is 12.6 Å². The molecule has 0 bridgehead atoms. The molecule has 0 spiro atoms. The van der Waals surface area contributed by atoms with Crippen LogP contribution in [0, 0.1) is 11.3 Å². The number of carbonyl (C=O) groups excluding carboxylic acids is 1. The maximum absolute atomic E-state index is 12.1. The van der Waals surface area contributed by atoms with Gasteiger partial charge in [-0.2, -0.15) is 5.26 Å². The Morgan fingerprint density at radius 1 is 1.45 bits per heavy atom. The predicted octanol–water partition coefficient (Wildman–Crippen LogP) is 5.06. The molecule has 0 aliphatic heterocycles. The number of Topliss-reactive ketones (excluding diaryl/α,β-unsaturated/α-hetero) is 1. The van der Waals surface area contributed by atoms with E-state index >= 15 is 0 Å². The molecule has 3 nitrogen and oxygen atoms in total. The second-order valence-corrected chi connectivity index (χ2v) is 7.83. The summed E-state index contributed by atoms with van der Waals surface area (Å²) < 4.78 is 7.00. The molecule has 0 amide bonds. The van der Waals surface area contributed by atoms with Gasteiger partial charge < -0.3 is 4.74 Å². The number of ketones is 1. The number of rotatable bonds is 4. The van der Waals surface area contributed by atoms with Gasteiger partial charge in [-0.05, 0) is 50.1 Å². The Kier molecular flexibility index (Phi) is 5.22. The lowest BCUT2D eigenvalue weighted by atomic mass is 10.2. The van der Waals surface area contributed by atoms with Crippen molar-refractivity contribution in [3.8, 4) is 11.8 Å². The normalized spacial score (nSPS) is 10.1. The number of benzene rings is 1. The van der Waals surface area contributed by atoms with Crippen LogP contribution in [0.1, 0.15) is 15.9 Å². The highest BCUT2D eigenvalue weighted by Crippen LogP contribution is 2.32. The van der Waals surface area contributed by atoms with Crippen LogP contribution in [0.5, 0.6) is 5.75 Å². The van der Waals surface area contributed by atoms with Crippen molar-refractivity contribution in [2.75, 3.05) is 6.61 Å². The van der Waals surface area contributed by atoms with Crippen LogP contribution in [0.2, 0.25) is 5.02 Å². The summed E-state index contributed by atoms with van der Waals surface area (Å²) in [6, 6.07) is 8.56. The van der Waals surface area contributed by atoms with Crippen molar-refractivity contribution in [3.63, 3.8) is 0 Å². The van der Waals surface area contributed by atoms with Crippen LogP contribution in [0.25, 0.3) is 0 Å². The highest BCUT2D eigenvalue weighted by atomic mass is 79.9. The van der Waals surface area contributed by atoms with Gasteiger partial charge in [-0.3, -0.25) is 4.79 Å². The first-order valence-electron chi connectivity index (χ1n) is 5.32. The van der Waals surface area contributed by atoms with Crippen molar-refractivity contribution in [2.24, 2.45) is 0 Å². The lowest BCUT2D eigenvalue weighted by molar-refractivity contribution is 0.0921. The number of halogens is 3. The van der Waals surface area contributed by atoms with Crippen LogP contribution in [0.4, 0.5) is 0 Å². The van der Waals surface area contributed by atoms with E-state index in [-0.39, 0.29) is 18.0 Å². The molecular formula is C13H6Br2ClNO2S. The van der Waals surface area contributed by atoms with E-state index in [0.717, 1.165) is 7.57 Å². The Bertz CT molecular complexity index is 709. The van der Waals surface area contributed by atoms with Gasteiger partial charge in [-0.15, -0.1) is 11.3 Å². The van der Waals surface area contributed by atoms with Crippen LogP contribution in [0.15, 0.2) is 31.8 Å². The van der Waals surface area contributed by atoms with Crippen molar-refractivity contribution in [2.45, 2.75) is 0 Å². The molecule has 1 aromatic carbocycles. The van der Waals surface area contributed by atoms with Crippen molar-refractivity contribution >= 4 is 60.6 Å². The number of hydrogen-bond donors (Lipinski definition) is 0. The van der Waals surface area contributed by atoms with Crippen LogP contribution in [-0.4, -0.2) is 12.4 Å². The zero-order valence-electron chi connectivity index (χ0n) is 9.82. The zero-order valence-corrected chi connectivity index (χ0v) is 14.6. The maximum atomic E-state index is 12.1. The molecule has 0 aliphatic carbocycles. The fraction of sp³-hybridized carbons (Fsp3) is 0.0769. The Morgan fingerprint density at radius 2 is 2.20 bits per heavy atom. The first kappa shape index (κ1) is 15.5. The van der Waals surface area contributed by atoms with Gasteiger partial charge in [-0.1, -0.05) is 17.7 Å². The molecule has 20 heavy (non-hydrogen) atoms. The number of thiophene rings is 1. The highest BCUT2D eigenvalue weighted by Gasteiger charge is 2.15. The van der Waals surface area contributed by atoms with Gasteiger partial charge >= 0.3 is 0 Å². The van der Waals surface area contributed by atoms with Gasteiger partial charge in [-0.25, -0.2) is 0 Å². The summed E-state index contributed by atoms with van der Waals surface area (Å²) in [5, 5.41) is 9.32. The lowest BCUT2D eigenvalue weighted by Crippen LogP contribution is -2.11.